The molecule has 0 aromatic carbocycles. The average molecular weight is 183 g/mol. The SMILES string of the molecule is C=C(CC)CN1CCOCCC1C. The van der Waals surface area contributed by atoms with E-state index in [4.69, 9.17) is 4.74 Å². The predicted octanol–water partition coefficient (Wildman–Crippen LogP) is 2.06. The summed E-state index contributed by atoms with van der Waals surface area (Å²) in [5.41, 5.74) is 1.33. The Morgan fingerprint density at radius 3 is 3.00 bits per heavy atom. The molecule has 1 saturated heterocycles. The van der Waals surface area contributed by atoms with Crippen molar-refractivity contribution in [2.45, 2.75) is 32.7 Å². The molecule has 1 heterocycles. The van der Waals surface area contributed by atoms with Crippen molar-refractivity contribution in [3.63, 3.8) is 0 Å². The summed E-state index contributed by atoms with van der Waals surface area (Å²) >= 11 is 0. The molecular formula is C11H21NO. The van der Waals surface area contributed by atoms with E-state index >= 15 is 0 Å². The zero-order chi connectivity index (χ0) is 9.68. The van der Waals surface area contributed by atoms with Crippen LogP contribution in [0, 0.1) is 0 Å². The Bertz CT molecular complexity index is 167. The summed E-state index contributed by atoms with van der Waals surface area (Å²) < 4.78 is 5.44. The van der Waals surface area contributed by atoms with Gasteiger partial charge >= 0.3 is 0 Å². The first kappa shape index (κ1) is 10.7. The zero-order valence-corrected chi connectivity index (χ0v) is 8.88. The van der Waals surface area contributed by atoms with Crippen LogP contribution in [0.1, 0.15) is 26.7 Å². The Hall–Kier alpha value is -0.340. The van der Waals surface area contributed by atoms with Crippen molar-refractivity contribution in [3.8, 4) is 0 Å². The molecule has 76 valence electrons. The van der Waals surface area contributed by atoms with Crippen molar-refractivity contribution in [1.29, 1.82) is 0 Å². The van der Waals surface area contributed by atoms with Crippen LogP contribution in [0.5, 0.6) is 0 Å². The van der Waals surface area contributed by atoms with E-state index in [9.17, 15) is 0 Å². The molecule has 0 aliphatic carbocycles. The molecule has 0 radical (unpaired) electrons. The smallest absolute Gasteiger partial charge is 0.0593 e. The van der Waals surface area contributed by atoms with Crippen LogP contribution in [0.2, 0.25) is 0 Å². The van der Waals surface area contributed by atoms with Gasteiger partial charge in [0.05, 0.1) is 6.61 Å². The maximum absolute atomic E-state index is 5.44. The largest absolute Gasteiger partial charge is 0.380 e. The minimum Gasteiger partial charge on any atom is -0.380 e. The van der Waals surface area contributed by atoms with Gasteiger partial charge in [0.1, 0.15) is 0 Å². The van der Waals surface area contributed by atoms with Gasteiger partial charge in [-0.05, 0) is 19.8 Å². The van der Waals surface area contributed by atoms with E-state index in [0.29, 0.717) is 6.04 Å². The predicted molar refractivity (Wildman–Crippen MR) is 55.9 cm³/mol. The van der Waals surface area contributed by atoms with Gasteiger partial charge < -0.3 is 4.74 Å². The van der Waals surface area contributed by atoms with Crippen molar-refractivity contribution < 1.29 is 4.74 Å². The highest BCUT2D eigenvalue weighted by molar-refractivity contribution is 4.97. The molecule has 0 amide bonds. The third-order valence-corrected chi connectivity index (χ3v) is 2.75. The summed E-state index contributed by atoms with van der Waals surface area (Å²) in [6.07, 6.45) is 2.24. The molecule has 0 bridgehead atoms. The van der Waals surface area contributed by atoms with Crippen molar-refractivity contribution >= 4 is 0 Å². The van der Waals surface area contributed by atoms with Gasteiger partial charge in [-0.2, -0.15) is 0 Å². The normalized spacial score (nSPS) is 25.5. The monoisotopic (exact) mass is 183 g/mol. The number of nitrogens with zero attached hydrogens (tertiary/aromatic N) is 1. The lowest BCUT2D eigenvalue weighted by molar-refractivity contribution is 0.142. The van der Waals surface area contributed by atoms with Crippen molar-refractivity contribution in [3.05, 3.63) is 12.2 Å². The molecule has 1 aliphatic heterocycles. The quantitative estimate of drug-likeness (QED) is 0.621. The van der Waals surface area contributed by atoms with Crippen LogP contribution in [-0.2, 0) is 4.74 Å². The molecule has 0 aromatic rings. The Morgan fingerprint density at radius 2 is 2.31 bits per heavy atom. The van der Waals surface area contributed by atoms with E-state index in [0.717, 1.165) is 39.1 Å². The Balaban J connectivity index is 2.40. The second-order valence-corrected chi connectivity index (χ2v) is 3.82. The van der Waals surface area contributed by atoms with E-state index in [2.05, 4.69) is 25.3 Å². The number of hydrogen-bond acceptors (Lipinski definition) is 2. The van der Waals surface area contributed by atoms with Gasteiger partial charge in [0, 0.05) is 25.7 Å². The van der Waals surface area contributed by atoms with Gasteiger partial charge in [-0.3, -0.25) is 4.90 Å². The summed E-state index contributed by atoms with van der Waals surface area (Å²) in [4.78, 5) is 2.47. The molecule has 1 unspecified atom stereocenters. The van der Waals surface area contributed by atoms with E-state index in [1.54, 1.807) is 0 Å². The van der Waals surface area contributed by atoms with Crippen molar-refractivity contribution in [2.75, 3.05) is 26.3 Å². The maximum atomic E-state index is 5.44. The van der Waals surface area contributed by atoms with E-state index in [1.807, 2.05) is 0 Å². The highest BCUT2D eigenvalue weighted by Crippen LogP contribution is 2.11. The second kappa shape index (κ2) is 5.40. The molecule has 2 heteroatoms. The molecule has 1 fully saturated rings. The topological polar surface area (TPSA) is 12.5 Å². The average Bonchev–Trinajstić information content (AvgIpc) is 2.32. The Kier molecular flexibility index (Phi) is 4.46. The molecule has 1 rings (SSSR count). The van der Waals surface area contributed by atoms with Gasteiger partial charge in [0.2, 0.25) is 0 Å². The van der Waals surface area contributed by atoms with Crippen molar-refractivity contribution in [2.24, 2.45) is 0 Å². The lowest BCUT2D eigenvalue weighted by Crippen LogP contribution is -2.35. The van der Waals surface area contributed by atoms with Gasteiger partial charge in [-0.15, -0.1) is 0 Å². The number of hydrogen-bond donors (Lipinski definition) is 0. The van der Waals surface area contributed by atoms with Gasteiger partial charge in [0.25, 0.3) is 0 Å². The van der Waals surface area contributed by atoms with Crippen LogP contribution in [-0.4, -0.2) is 37.2 Å². The lowest BCUT2D eigenvalue weighted by atomic mass is 10.1. The number of ether oxygens (including phenoxy) is 1. The molecular weight excluding hydrogens is 162 g/mol. The van der Waals surface area contributed by atoms with Crippen LogP contribution < -0.4 is 0 Å². The fourth-order valence-electron chi connectivity index (χ4n) is 1.57. The maximum Gasteiger partial charge on any atom is 0.0593 e. The van der Waals surface area contributed by atoms with Gasteiger partial charge in [0.15, 0.2) is 0 Å². The van der Waals surface area contributed by atoms with Crippen LogP contribution >= 0.6 is 0 Å². The second-order valence-electron chi connectivity index (χ2n) is 3.82. The van der Waals surface area contributed by atoms with E-state index in [1.165, 1.54) is 5.57 Å². The van der Waals surface area contributed by atoms with E-state index in [-0.39, 0.29) is 0 Å². The summed E-state index contributed by atoms with van der Waals surface area (Å²) in [5, 5.41) is 0. The molecule has 13 heavy (non-hydrogen) atoms. The molecule has 0 saturated carbocycles. The summed E-state index contributed by atoms with van der Waals surface area (Å²) in [7, 11) is 0. The van der Waals surface area contributed by atoms with Crippen LogP contribution in [0.25, 0.3) is 0 Å². The van der Waals surface area contributed by atoms with Crippen molar-refractivity contribution in [1.82, 2.24) is 4.90 Å². The standard InChI is InChI=1S/C11H21NO/c1-4-10(2)9-12-6-8-13-7-5-11(12)3/h11H,2,4-9H2,1,3H3. The molecule has 2 nitrogen and oxygen atoms in total. The molecule has 0 spiro atoms. The highest BCUT2D eigenvalue weighted by atomic mass is 16.5. The first-order chi connectivity index (χ1) is 6.24. The van der Waals surface area contributed by atoms with Gasteiger partial charge in [-0.1, -0.05) is 19.1 Å². The molecule has 1 aliphatic rings. The third-order valence-electron chi connectivity index (χ3n) is 2.75. The van der Waals surface area contributed by atoms with Crippen LogP contribution in [0.3, 0.4) is 0 Å². The fourth-order valence-corrected chi connectivity index (χ4v) is 1.57. The summed E-state index contributed by atoms with van der Waals surface area (Å²) in [5.74, 6) is 0. The van der Waals surface area contributed by atoms with E-state index < -0.39 is 0 Å². The summed E-state index contributed by atoms with van der Waals surface area (Å²) in [6.45, 7) is 12.4. The third kappa shape index (κ3) is 3.49. The van der Waals surface area contributed by atoms with Gasteiger partial charge in [-0.25, -0.2) is 0 Å². The van der Waals surface area contributed by atoms with Crippen LogP contribution in [0.15, 0.2) is 12.2 Å². The minimum atomic E-state index is 0.644. The zero-order valence-electron chi connectivity index (χ0n) is 8.88. The van der Waals surface area contributed by atoms with Crippen LogP contribution in [0.4, 0.5) is 0 Å². The molecule has 0 aromatic heterocycles. The Labute approximate surface area is 81.6 Å². The fraction of sp³-hybridized carbons (Fsp3) is 0.818. The first-order valence-electron chi connectivity index (χ1n) is 5.22. The first-order valence-corrected chi connectivity index (χ1v) is 5.22. The Morgan fingerprint density at radius 1 is 1.54 bits per heavy atom. The lowest BCUT2D eigenvalue weighted by Gasteiger charge is -2.26. The molecule has 0 N–H and O–H groups in total. The molecule has 1 atom stereocenters. The number of rotatable bonds is 3. The summed E-state index contributed by atoms with van der Waals surface area (Å²) in [6, 6.07) is 0.644. The highest BCUT2D eigenvalue weighted by Gasteiger charge is 2.16. The minimum absolute atomic E-state index is 0.644.